The van der Waals surface area contributed by atoms with Crippen molar-refractivity contribution in [2.75, 3.05) is 39.4 Å². The number of rotatable bonds is 6. The van der Waals surface area contributed by atoms with Gasteiger partial charge in [-0.2, -0.15) is 0 Å². The van der Waals surface area contributed by atoms with Crippen molar-refractivity contribution in [3.63, 3.8) is 0 Å². The van der Waals surface area contributed by atoms with Crippen LogP contribution in [0.25, 0.3) is 16.9 Å². The summed E-state index contributed by atoms with van der Waals surface area (Å²) in [6.07, 6.45) is 0. The quantitative estimate of drug-likeness (QED) is 0.657. The van der Waals surface area contributed by atoms with Gasteiger partial charge in [-0.25, -0.2) is 4.39 Å². The Morgan fingerprint density at radius 1 is 1.10 bits per heavy atom. The van der Waals surface area contributed by atoms with E-state index in [4.69, 9.17) is 4.74 Å². The molecule has 0 bridgehead atoms. The Labute approximate surface area is 176 Å². The predicted octanol–water partition coefficient (Wildman–Crippen LogP) is 2.24. The average Bonchev–Trinajstić information content (AvgIpc) is 3.13. The molecule has 1 fully saturated rings. The Kier molecular flexibility index (Phi) is 6.26. The summed E-state index contributed by atoms with van der Waals surface area (Å²) in [6, 6.07) is 18.2. The van der Waals surface area contributed by atoms with Crippen LogP contribution in [-0.4, -0.2) is 49.9 Å². The van der Waals surface area contributed by atoms with Crippen LogP contribution < -0.4 is 10.2 Å². The van der Waals surface area contributed by atoms with Crippen molar-refractivity contribution in [1.82, 2.24) is 9.88 Å². The number of quaternary nitrogens is 1. The van der Waals surface area contributed by atoms with Crippen LogP contribution >= 0.6 is 0 Å². The topological polar surface area (TPSA) is 47.7 Å². The fourth-order valence-electron chi connectivity index (χ4n) is 3.94. The van der Waals surface area contributed by atoms with E-state index in [1.54, 1.807) is 12.1 Å². The summed E-state index contributed by atoms with van der Waals surface area (Å²) in [4.78, 5) is 14.4. The third-order valence-electron chi connectivity index (χ3n) is 5.61. The molecule has 4 rings (SSSR count). The van der Waals surface area contributed by atoms with Crippen molar-refractivity contribution < 1.29 is 18.8 Å². The summed E-state index contributed by atoms with van der Waals surface area (Å²) in [5, 5.41) is 3.07. The van der Waals surface area contributed by atoms with Crippen molar-refractivity contribution >= 4 is 5.91 Å². The van der Waals surface area contributed by atoms with Crippen LogP contribution in [0.5, 0.6) is 0 Å². The van der Waals surface area contributed by atoms with Crippen molar-refractivity contribution in [3.05, 3.63) is 77.7 Å². The summed E-state index contributed by atoms with van der Waals surface area (Å²) >= 11 is 0. The van der Waals surface area contributed by atoms with E-state index < -0.39 is 0 Å². The maximum Gasteiger partial charge on any atom is 0.253 e. The van der Waals surface area contributed by atoms with Gasteiger partial charge in [-0.05, 0) is 42.8 Å². The van der Waals surface area contributed by atoms with Gasteiger partial charge in [-0.15, -0.1) is 0 Å². The molecule has 2 heterocycles. The number of aromatic nitrogens is 1. The Balaban J connectivity index is 1.60. The van der Waals surface area contributed by atoms with E-state index in [2.05, 4.69) is 5.32 Å². The average molecular weight is 408 g/mol. The molecule has 0 spiro atoms. The molecule has 1 aliphatic rings. The number of carbonyl (C=O) groups excluding carboxylic acids is 1. The normalized spacial score (nSPS) is 14.6. The molecule has 156 valence electrons. The number of nitrogens with zero attached hydrogens (tertiary/aromatic N) is 1. The largest absolute Gasteiger partial charge is 0.370 e. The van der Waals surface area contributed by atoms with E-state index >= 15 is 0 Å². The molecule has 2 N–H and O–H groups in total. The van der Waals surface area contributed by atoms with Crippen LogP contribution in [-0.2, 0) is 4.74 Å². The number of nitrogens with one attached hydrogen (secondary N) is 2. The Morgan fingerprint density at radius 3 is 2.50 bits per heavy atom. The number of ether oxygens (including phenoxy) is 1. The van der Waals surface area contributed by atoms with Gasteiger partial charge in [0.05, 0.1) is 37.6 Å². The van der Waals surface area contributed by atoms with E-state index in [-0.39, 0.29) is 11.7 Å². The minimum absolute atomic E-state index is 0.0850. The van der Waals surface area contributed by atoms with Crippen molar-refractivity contribution in [3.8, 4) is 16.9 Å². The molecule has 30 heavy (non-hydrogen) atoms. The Bertz CT molecular complexity index is 993. The standard InChI is InChI=1S/C24H26FN3O2/c1-18-22(24(29)26-11-12-27-13-15-30-16-14-27)17-23(19-5-3-2-4-6-19)28(18)21-9-7-20(25)8-10-21/h2-10,17H,11-16H2,1H3,(H,26,29)/p+1. The first-order chi connectivity index (χ1) is 14.6. The molecule has 2 aromatic carbocycles. The fraction of sp³-hybridized carbons (Fsp3) is 0.292. The zero-order valence-electron chi connectivity index (χ0n) is 17.2. The highest BCUT2D eigenvalue weighted by Crippen LogP contribution is 2.29. The van der Waals surface area contributed by atoms with E-state index in [1.165, 1.54) is 17.0 Å². The lowest BCUT2D eigenvalue weighted by Crippen LogP contribution is -3.14. The van der Waals surface area contributed by atoms with Crippen LogP contribution in [0.3, 0.4) is 0 Å². The van der Waals surface area contributed by atoms with Gasteiger partial charge in [0.2, 0.25) is 0 Å². The summed E-state index contributed by atoms with van der Waals surface area (Å²) in [6.45, 7) is 6.96. The van der Waals surface area contributed by atoms with Crippen molar-refractivity contribution in [2.45, 2.75) is 6.92 Å². The van der Waals surface area contributed by atoms with Crippen molar-refractivity contribution in [1.29, 1.82) is 0 Å². The Morgan fingerprint density at radius 2 is 1.80 bits per heavy atom. The molecule has 1 aliphatic heterocycles. The molecule has 0 saturated carbocycles. The molecule has 0 aliphatic carbocycles. The number of amides is 1. The molecular formula is C24H27FN3O2+. The third-order valence-corrected chi connectivity index (χ3v) is 5.61. The zero-order chi connectivity index (χ0) is 20.9. The number of morpholine rings is 1. The first-order valence-corrected chi connectivity index (χ1v) is 10.4. The van der Waals surface area contributed by atoms with Crippen LogP contribution in [0.4, 0.5) is 4.39 Å². The zero-order valence-corrected chi connectivity index (χ0v) is 17.2. The molecule has 0 unspecified atom stereocenters. The van der Waals surface area contributed by atoms with Gasteiger partial charge >= 0.3 is 0 Å². The summed E-state index contributed by atoms with van der Waals surface area (Å²) in [5.41, 5.74) is 4.20. The maximum atomic E-state index is 13.5. The van der Waals surface area contributed by atoms with Gasteiger partial charge in [0, 0.05) is 11.4 Å². The van der Waals surface area contributed by atoms with E-state index in [1.807, 2.05) is 47.9 Å². The second-order valence-electron chi connectivity index (χ2n) is 7.57. The van der Waals surface area contributed by atoms with Gasteiger partial charge in [-0.3, -0.25) is 4.79 Å². The highest BCUT2D eigenvalue weighted by molar-refractivity contribution is 5.97. The lowest BCUT2D eigenvalue weighted by molar-refractivity contribution is -0.906. The molecular weight excluding hydrogens is 381 g/mol. The minimum Gasteiger partial charge on any atom is -0.370 e. The van der Waals surface area contributed by atoms with Crippen LogP contribution in [0.2, 0.25) is 0 Å². The molecule has 1 aromatic heterocycles. The molecule has 1 saturated heterocycles. The highest BCUT2D eigenvalue weighted by atomic mass is 19.1. The molecule has 5 nitrogen and oxygen atoms in total. The van der Waals surface area contributed by atoms with Crippen LogP contribution in [0.15, 0.2) is 60.7 Å². The van der Waals surface area contributed by atoms with Gasteiger partial charge in [0.15, 0.2) is 0 Å². The van der Waals surface area contributed by atoms with E-state index in [0.29, 0.717) is 12.1 Å². The van der Waals surface area contributed by atoms with Gasteiger partial charge < -0.3 is 19.5 Å². The third kappa shape index (κ3) is 4.45. The summed E-state index contributed by atoms with van der Waals surface area (Å²) in [7, 11) is 0. The number of carbonyl (C=O) groups is 1. The van der Waals surface area contributed by atoms with Crippen LogP contribution in [0.1, 0.15) is 16.1 Å². The second kappa shape index (κ2) is 9.24. The molecule has 3 aromatic rings. The number of hydrogen-bond donors (Lipinski definition) is 2. The highest BCUT2D eigenvalue weighted by Gasteiger charge is 2.20. The SMILES string of the molecule is Cc1c(C(=O)NCC[NH+]2CCOCC2)cc(-c2ccccc2)n1-c1ccc(F)cc1. The summed E-state index contributed by atoms with van der Waals surface area (Å²) in [5.74, 6) is -0.369. The fourth-order valence-corrected chi connectivity index (χ4v) is 3.94. The van der Waals surface area contributed by atoms with E-state index in [0.717, 1.165) is 55.5 Å². The second-order valence-corrected chi connectivity index (χ2v) is 7.57. The lowest BCUT2D eigenvalue weighted by Gasteiger charge is -2.23. The Hall–Kier alpha value is -2.96. The number of benzene rings is 2. The van der Waals surface area contributed by atoms with E-state index in [9.17, 15) is 9.18 Å². The lowest BCUT2D eigenvalue weighted by atomic mass is 10.1. The molecule has 1 amide bonds. The molecule has 0 radical (unpaired) electrons. The van der Waals surface area contributed by atoms with Crippen molar-refractivity contribution in [2.24, 2.45) is 0 Å². The number of hydrogen-bond acceptors (Lipinski definition) is 2. The monoisotopic (exact) mass is 408 g/mol. The smallest absolute Gasteiger partial charge is 0.253 e. The van der Waals surface area contributed by atoms with Gasteiger partial charge in [-0.1, -0.05) is 30.3 Å². The maximum absolute atomic E-state index is 13.5. The van der Waals surface area contributed by atoms with Gasteiger partial charge in [0.1, 0.15) is 18.9 Å². The molecule has 6 heteroatoms. The minimum atomic E-state index is -0.284. The first-order valence-electron chi connectivity index (χ1n) is 10.4. The molecule has 0 atom stereocenters. The predicted molar refractivity (Wildman–Crippen MR) is 115 cm³/mol. The first kappa shape index (κ1) is 20.3. The van der Waals surface area contributed by atoms with Gasteiger partial charge in [0.25, 0.3) is 5.91 Å². The summed E-state index contributed by atoms with van der Waals surface area (Å²) < 4.78 is 20.9. The number of halogens is 1. The van der Waals surface area contributed by atoms with Crippen LogP contribution in [0, 0.1) is 12.7 Å².